The number of anilines is 1. The highest BCUT2D eigenvalue weighted by Gasteiger charge is 2.11. The molecule has 4 aromatic rings. The molecule has 2 amide bonds. The van der Waals surface area contributed by atoms with E-state index in [0.717, 1.165) is 12.1 Å². The third-order valence-electron chi connectivity index (χ3n) is 4.21. The molecule has 10 heteroatoms. The van der Waals surface area contributed by atoms with Crippen LogP contribution in [0.25, 0.3) is 11.0 Å². The topological polar surface area (TPSA) is 132 Å². The number of nitrogens with one attached hydrogen (secondary N) is 3. The lowest BCUT2D eigenvalue weighted by atomic mass is 10.2. The number of H-pyrrole nitrogens is 1. The Morgan fingerprint density at radius 2 is 2.00 bits per heavy atom. The maximum Gasteiger partial charge on any atom is 0.339 e. The molecule has 0 unspecified atom stereocenters. The standard InChI is InChI=1S/C21H16FN5O4/c22-16-9-13(26-21(30)27-25-11-12-1-3-14(28)10-17(12)29)2-4-19(16)31-18-6-8-24-20-15(18)5-7-23-20/h1-11,28-29H,(H,23,24)(H2,26,27,30)/b25-11+. The molecule has 0 spiro atoms. The van der Waals surface area contributed by atoms with Gasteiger partial charge in [0.1, 0.15) is 22.9 Å². The first kappa shape index (κ1) is 19.7. The van der Waals surface area contributed by atoms with Gasteiger partial charge in [-0.1, -0.05) is 0 Å². The number of halogens is 1. The molecule has 156 valence electrons. The number of hydrazone groups is 1. The lowest BCUT2D eigenvalue weighted by Crippen LogP contribution is -2.24. The molecule has 31 heavy (non-hydrogen) atoms. The van der Waals surface area contributed by atoms with Gasteiger partial charge in [-0.15, -0.1) is 0 Å². The Morgan fingerprint density at radius 3 is 2.81 bits per heavy atom. The number of aromatic hydroxyl groups is 2. The van der Waals surface area contributed by atoms with E-state index in [9.17, 15) is 19.4 Å². The SMILES string of the molecule is O=C(N/N=C/c1ccc(O)cc1O)Nc1ccc(Oc2ccnc3[nH]ccc23)c(F)c1. The second-order valence-electron chi connectivity index (χ2n) is 6.36. The van der Waals surface area contributed by atoms with E-state index < -0.39 is 11.8 Å². The summed E-state index contributed by atoms with van der Waals surface area (Å²) in [6.45, 7) is 0. The second-order valence-corrected chi connectivity index (χ2v) is 6.36. The number of aromatic nitrogens is 2. The number of urea groups is 1. The Hall–Kier alpha value is -4.60. The van der Waals surface area contributed by atoms with Crippen molar-refractivity contribution in [3.05, 3.63) is 72.3 Å². The number of hydrogen-bond donors (Lipinski definition) is 5. The van der Waals surface area contributed by atoms with E-state index in [2.05, 4.69) is 25.8 Å². The lowest BCUT2D eigenvalue weighted by molar-refractivity contribution is 0.252. The summed E-state index contributed by atoms with van der Waals surface area (Å²) in [6.07, 6.45) is 4.45. The molecule has 0 radical (unpaired) electrons. The molecule has 0 aliphatic heterocycles. The van der Waals surface area contributed by atoms with Crippen molar-refractivity contribution < 1.29 is 24.1 Å². The van der Waals surface area contributed by atoms with E-state index in [0.29, 0.717) is 22.3 Å². The van der Waals surface area contributed by atoms with Crippen molar-refractivity contribution in [2.24, 2.45) is 5.10 Å². The fourth-order valence-electron chi connectivity index (χ4n) is 2.77. The summed E-state index contributed by atoms with van der Waals surface area (Å²) in [6, 6.07) is 10.6. The highest BCUT2D eigenvalue weighted by atomic mass is 19.1. The van der Waals surface area contributed by atoms with E-state index in [4.69, 9.17) is 4.74 Å². The van der Waals surface area contributed by atoms with Gasteiger partial charge in [0.15, 0.2) is 11.6 Å². The van der Waals surface area contributed by atoms with Crippen LogP contribution in [0.2, 0.25) is 0 Å². The Labute approximate surface area is 174 Å². The molecule has 0 atom stereocenters. The van der Waals surface area contributed by atoms with Gasteiger partial charge in [0.2, 0.25) is 0 Å². The zero-order valence-corrected chi connectivity index (χ0v) is 15.8. The van der Waals surface area contributed by atoms with Gasteiger partial charge in [-0.3, -0.25) is 0 Å². The number of aromatic amines is 1. The number of carbonyl (C=O) groups is 1. The number of benzene rings is 2. The number of amides is 2. The first-order chi connectivity index (χ1) is 15.0. The number of nitrogens with zero attached hydrogens (tertiary/aromatic N) is 2. The van der Waals surface area contributed by atoms with Crippen molar-refractivity contribution in [1.29, 1.82) is 0 Å². The molecule has 0 fully saturated rings. The van der Waals surface area contributed by atoms with Crippen LogP contribution in [0.1, 0.15) is 5.56 Å². The van der Waals surface area contributed by atoms with Crippen LogP contribution < -0.4 is 15.5 Å². The molecular formula is C21H16FN5O4. The monoisotopic (exact) mass is 421 g/mol. The van der Waals surface area contributed by atoms with Crippen molar-refractivity contribution in [2.75, 3.05) is 5.32 Å². The Bertz CT molecular complexity index is 1290. The second kappa shape index (κ2) is 8.41. The molecule has 0 aliphatic carbocycles. The van der Waals surface area contributed by atoms with Crippen molar-refractivity contribution in [3.8, 4) is 23.0 Å². The molecule has 9 nitrogen and oxygen atoms in total. The first-order valence-corrected chi connectivity index (χ1v) is 9.01. The van der Waals surface area contributed by atoms with Crippen LogP contribution in [0, 0.1) is 5.82 Å². The van der Waals surface area contributed by atoms with Crippen LogP contribution in [0.3, 0.4) is 0 Å². The molecule has 5 N–H and O–H groups in total. The zero-order valence-electron chi connectivity index (χ0n) is 15.8. The third kappa shape index (κ3) is 4.53. The minimum atomic E-state index is -0.717. The van der Waals surface area contributed by atoms with Gasteiger partial charge < -0.3 is 25.3 Å². The van der Waals surface area contributed by atoms with E-state index in [-0.39, 0.29) is 22.9 Å². The van der Waals surface area contributed by atoms with Gasteiger partial charge in [-0.2, -0.15) is 5.10 Å². The average Bonchev–Trinajstić information content (AvgIpc) is 3.21. The number of hydrogen-bond acceptors (Lipinski definition) is 6. The summed E-state index contributed by atoms with van der Waals surface area (Å²) in [5, 5.41) is 25.7. The number of pyridine rings is 1. The Kier molecular flexibility index (Phi) is 5.35. The van der Waals surface area contributed by atoms with Gasteiger partial charge >= 0.3 is 6.03 Å². The minimum Gasteiger partial charge on any atom is -0.508 e. The number of ether oxygens (including phenoxy) is 1. The molecule has 2 heterocycles. The Morgan fingerprint density at radius 1 is 1.13 bits per heavy atom. The minimum absolute atomic E-state index is 0.0134. The smallest absolute Gasteiger partial charge is 0.339 e. The van der Waals surface area contributed by atoms with Crippen LogP contribution >= 0.6 is 0 Å². The van der Waals surface area contributed by atoms with Crippen molar-refractivity contribution >= 4 is 29.0 Å². The highest BCUT2D eigenvalue weighted by molar-refractivity contribution is 5.91. The highest BCUT2D eigenvalue weighted by Crippen LogP contribution is 2.31. The quantitative estimate of drug-likeness (QED) is 0.245. The van der Waals surface area contributed by atoms with Crippen molar-refractivity contribution in [1.82, 2.24) is 15.4 Å². The number of phenolic OH excluding ortho intramolecular Hbond substituents is 2. The van der Waals surface area contributed by atoms with Crippen molar-refractivity contribution in [3.63, 3.8) is 0 Å². The fourth-order valence-corrected chi connectivity index (χ4v) is 2.77. The van der Waals surface area contributed by atoms with E-state index in [1.165, 1.54) is 30.5 Å². The first-order valence-electron chi connectivity index (χ1n) is 9.01. The zero-order chi connectivity index (χ0) is 21.8. The van der Waals surface area contributed by atoms with Gasteiger partial charge in [0.25, 0.3) is 0 Å². The average molecular weight is 421 g/mol. The summed E-state index contributed by atoms with van der Waals surface area (Å²) < 4.78 is 20.1. The molecule has 0 aliphatic rings. The van der Waals surface area contributed by atoms with E-state index in [1.807, 2.05) is 0 Å². The summed E-state index contributed by atoms with van der Waals surface area (Å²) in [4.78, 5) is 19.0. The lowest BCUT2D eigenvalue weighted by Gasteiger charge is -2.10. The van der Waals surface area contributed by atoms with Gasteiger partial charge in [0.05, 0.1) is 11.6 Å². The normalized spacial score (nSPS) is 11.0. The van der Waals surface area contributed by atoms with Crippen molar-refractivity contribution in [2.45, 2.75) is 0 Å². The largest absolute Gasteiger partial charge is 0.508 e. The van der Waals surface area contributed by atoms with Gasteiger partial charge in [-0.05, 0) is 36.4 Å². The predicted molar refractivity (Wildman–Crippen MR) is 112 cm³/mol. The predicted octanol–water partition coefficient (Wildman–Crippen LogP) is 4.06. The van der Waals surface area contributed by atoms with E-state index >= 15 is 0 Å². The molecule has 0 saturated heterocycles. The molecule has 2 aromatic carbocycles. The van der Waals surface area contributed by atoms with Gasteiger partial charge in [0, 0.05) is 35.8 Å². The molecule has 0 bridgehead atoms. The maximum atomic E-state index is 14.5. The molecule has 4 rings (SSSR count). The van der Waals surface area contributed by atoms with Crippen LogP contribution in [-0.4, -0.2) is 32.4 Å². The van der Waals surface area contributed by atoms with Crippen LogP contribution in [0.15, 0.2) is 66.0 Å². The Balaban J connectivity index is 1.39. The number of carbonyl (C=O) groups excluding carboxylic acids is 1. The van der Waals surface area contributed by atoms with Crippen LogP contribution in [0.4, 0.5) is 14.9 Å². The van der Waals surface area contributed by atoms with Crippen LogP contribution in [-0.2, 0) is 0 Å². The summed E-state index contributed by atoms with van der Waals surface area (Å²) in [5.41, 5.74) is 3.29. The number of fused-ring (bicyclic) bond motifs is 1. The molecule has 2 aromatic heterocycles. The number of rotatable bonds is 5. The van der Waals surface area contributed by atoms with E-state index in [1.54, 1.807) is 24.5 Å². The fraction of sp³-hybridized carbons (Fsp3) is 0. The van der Waals surface area contributed by atoms with Crippen LogP contribution in [0.5, 0.6) is 23.0 Å². The summed E-state index contributed by atoms with van der Waals surface area (Å²) in [5.74, 6) is -0.544. The molecular weight excluding hydrogens is 405 g/mol. The summed E-state index contributed by atoms with van der Waals surface area (Å²) >= 11 is 0. The van der Waals surface area contributed by atoms with Gasteiger partial charge in [-0.25, -0.2) is 19.6 Å². The third-order valence-corrected chi connectivity index (χ3v) is 4.21. The summed E-state index contributed by atoms with van der Waals surface area (Å²) in [7, 11) is 0. The number of phenols is 2. The maximum absolute atomic E-state index is 14.5. The molecule has 0 saturated carbocycles.